The van der Waals surface area contributed by atoms with Gasteiger partial charge in [-0.3, -0.25) is 9.59 Å². The van der Waals surface area contributed by atoms with Crippen molar-refractivity contribution in [3.8, 4) is 0 Å². The van der Waals surface area contributed by atoms with Crippen molar-refractivity contribution in [2.45, 2.75) is 32.7 Å². The van der Waals surface area contributed by atoms with Gasteiger partial charge in [-0.05, 0) is 44.7 Å². The second kappa shape index (κ2) is 8.08. The topological polar surface area (TPSA) is 55.9 Å². The smallest absolute Gasteiger partial charge is 0.229 e. The largest absolute Gasteiger partial charge is 0.369 e. The van der Waals surface area contributed by atoms with Crippen LogP contribution in [0.3, 0.4) is 0 Å². The molecular formula is C20H30N4O2. The van der Waals surface area contributed by atoms with Crippen LogP contribution in [0.5, 0.6) is 0 Å². The summed E-state index contributed by atoms with van der Waals surface area (Å²) in [5.74, 6) is -0.227. The first-order valence-electron chi connectivity index (χ1n) is 9.61. The van der Waals surface area contributed by atoms with Crippen molar-refractivity contribution < 1.29 is 9.59 Å². The van der Waals surface area contributed by atoms with Gasteiger partial charge in [0.2, 0.25) is 11.8 Å². The van der Waals surface area contributed by atoms with E-state index in [4.69, 9.17) is 0 Å². The highest BCUT2D eigenvalue weighted by molar-refractivity contribution is 5.97. The fourth-order valence-electron chi connectivity index (χ4n) is 3.62. The molecule has 0 aromatic heterocycles. The van der Waals surface area contributed by atoms with Crippen LogP contribution in [-0.2, 0) is 9.59 Å². The van der Waals surface area contributed by atoms with Crippen LogP contribution in [0.15, 0.2) is 24.3 Å². The maximum absolute atomic E-state index is 12.5. The van der Waals surface area contributed by atoms with Crippen LogP contribution < -0.4 is 10.2 Å². The third-order valence-electron chi connectivity index (χ3n) is 5.66. The summed E-state index contributed by atoms with van der Waals surface area (Å²) in [4.78, 5) is 31.2. The van der Waals surface area contributed by atoms with E-state index in [-0.39, 0.29) is 23.8 Å². The van der Waals surface area contributed by atoms with Crippen molar-refractivity contribution in [3.63, 3.8) is 0 Å². The van der Waals surface area contributed by atoms with Gasteiger partial charge in [0.25, 0.3) is 0 Å². The maximum atomic E-state index is 12.5. The monoisotopic (exact) mass is 358 g/mol. The normalized spacial score (nSPS) is 22.6. The highest BCUT2D eigenvalue weighted by Crippen LogP contribution is 2.24. The minimum Gasteiger partial charge on any atom is -0.369 e. The Morgan fingerprint density at radius 3 is 2.46 bits per heavy atom. The lowest BCUT2D eigenvalue weighted by Crippen LogP contribution is -2.44. The van der Waals surface area contributed by atoms with E-state index in [0.717, 1.165) is 38.3 Å². The zero-order chi connectivity index (χ0) is 18.7. The van der Waals surface area contributed by atoms with Gasteiger partial charge < -0.3 is 20.0 Å². The summed E-state index contributed by atoms with van der Waals surface area (Å²) in [5.41, 5.74) is 1.98. The van der Waals surface area contributed by atoms with E-state index in [1.807, 2.05) is 24.0 Å². The first-order chi connectivity index (χ1) is 12.5. The molecule has 26 heavy (non-hydrogen) atoms. The van der Waals surface area contributed by atoms with E-state index in [9.17, 15) is 9.59 Å². The molecule has 2 saturated heterocycles. The quantitative estimate of drug-likeness (QED) is 0.875. The number of amides is 2. The number of likely N-dealkylation sites (N-methyl/N-ethyl adjacent to an activating group) is 1. The highest BCUT2D eigenvalue weighted by atomic mass is 16.2. The first-order valence-corrected chi connectivity index (χ1v) is 9.61. The molecule has 2 unspecified atom stereocenters. The zero-order valence-corrected chi connectivity index (χ0v) is 16.1. The van der Waals surface area contributed by atoms with E-state index in [1.54, 1.807) is 0 Å². The summed E-state index contributed by atoms with van der Waals surface area (Å²) in [6.45, 7) is 8.82. The predicted octanol–water partition coefficient (Wildman–Crippen LogP) is 2.02. The minimum absolute atomic E-state index is 0.0588. The lowest BCUT2D eigenvalue weighted by Gasteiger charge is -2.34. The van der Waals surface area contributed by atoms with Crippen molar-refractivity contribution in [1.82, 2.24) is 9.80 Å². The number of hydrogen-bond donors (Lipinski definition) is 1. The molecule has 3 rings (SSSR count). The number of benzene rings is 1. The summed E-state index contributed by atoms with van der Waals surface area (Å²) in [6, 6.07) is 8.23. The van der Waals surface area contributed by atoms with Crippen LogP contribution in [0, 0.1) is 5.92 Å². The number of likely N-dealkylation sites (tertiary alicyclic amines) is 1. The third kappa shape index (κ3) is 4.18. The number of carbonyl (C=O) groups is 2. The standard InChI is InChI=1S/C20H30N4O2/c1-4-15(2)24-14-16(13-19(24)25)20(26)21-17-5-7-18(8-6-17)23-11-9-22(3)10-12-23/h5-8,15-16H,4,9-14H2,1-3H3,(H,21,26). The molecule has 1 N–H and O–H groups in total. The van der Waals surface area contributed by atoms with Crippen molar-refractivity contribution in [2.24, 2.45) is 5.92 Å². The molecule has 2 fully saturated rings. The lowest BCUT2D eigenvalue weighted by atomic mass is 10.1. The average molecular weight is 358 g/mol. The molecule has 142 valence electrons. The molecule has 2 aliphatic rings. The number of nitrogens with zero attached hydrogens (tertiary/aromatic N) is 3. The molecule has 2 amide bonds. The Morgan fingerprint density at radius 1 is 1.19 bits per heavy atom. The summed E-state index contributed by atoms with van der Waals surface area (Å²) < 4.78 is 0. The molecule has 2 atom stereocenters. The number of hydrogen-bond acceptors (Lipinski definition) is 4. The van der Waals surface area contributed by atoms with Crippen molar-refractivity contribution in [3.05, 3.63) is 24.3 Å². The molecule has 0 bridgehead atoms. The van der Waals surface area contributed by atoms with E-state index in [1.165, 1.54) is 5.69 Å². The molecule has 0 saturated carbocycles. The summed E-state index contributed by atoms with van der Waals surface area (Å²) in [7, 11) is 2.14. The fourth-order valence-corrected chi connectivity index (χ4v) is 3.62. The van der Waals surface area contributed by atoms with Crippen LogP contribution in [-0.4, -0.2) is 67.4 Å². The molecule has 6 nitrogen and oxygen atoms in total. The Balaban J connectivity index is 1.56. The minimum atomic E-state index is -0.256. The number of carbonyl (C=O) groups excluding carboxylic acids is 2. The molecule has 2 aliphatic heterocycles. The zero-order valence-electron chi connectivity index (χ0n) is 16.1. The van der Waals surface area contributed by atoms with Crippen molar-refractivity contribution in [1.29, 1.82) is 0 Å². The number of nitrogens with one attached hydrogen (secondary N) is 1. The highest BCUT2D eigenvalue weighted by Gasteiger charge is 2.36. The van der Waals surface area contributed by atoms with Crippen LogP contribution in [0.25, 0.3) is 0 Å². The van der Waals surface area contributed by atoms with E-state index in [2.05, 4.69) is 41.2 Å². The Morgan fingerprint density at radius 2 is 1.85 bits per heavy atom. The van der Waals surface area contributed by atoms with Crippen LogP contribution in [0.1, 0.15) is 26.7 Å². The van der Waals surface area contributed by atoms with Crippen LogP contribution in [0.2, 0.25) is 0 Å². The third-order valence-corrected chi connectivity index (χ3v) is 5.66. The van der Waals surface area contributed by atoms with Crippen LogP contribution in [0.4, 0.5) is 11.4 Å². The molecule has 2 heterocycles. The van der Waals surface area contributed by atoms with Gasteiger partial charge in [-0.25, -0.2) is 0 Å². The second-order valence-electron chi connectivity index (χ2n) is 7.53. The fraction of sp³-hybridized carbons (Fsp3) is 0.600. The molecule has 0 aliphatic carbocycles. The van der Waals surface area contributed by atoms with Gasteiger partial charge in [-0.1, -0.05) is 6.92 Å². The second-order valence-corrected chi connectivity index (χ2v) is 7.53. The Hall–Kier alpha value is -2.08. The molecular weight excluding hydrogens is 328 g/mol. The van der Waals surface area contributed by atoms with Gasteiger partial charge in [0.15, 0.2) is 0 Å². The molecule has 6 heteroatoms. The van der Waals surface area contributed by atoms with Gasteiger partial charge in [0.1, 0.15) is 0 Å². The Labute approximate surface area is 156 Å². The molecule has 1 aromatic carbocycles. The lowest BCUT2D eigenvalue weighted by molar-refractivity contribution is -0.129. The van der Waals surface area contributed by atoms with Crippen molar-refractivity contribution in [2.75, 3.05) is 50.0 Å². The van der Waals surface area contributed by atoms with E-state index >= 15 is 0 Å². The summed E-state index contributed by atoms with van der Waals surface area (Å²) in [6.07, 6.45) is 1.23. The number of rotatable bonds is 5. The van der Waals surface area contributed by atoms with Gasteiger partial charge in [0, 0.05) is 56.6 Å². The molecule has 0 spiro atoms. The van der Waals surface area contributed by atoms with E-state index < -0.39 is 0 Å². The molecule has 1 aromatic rings. The SMILES string of the molecule is CCC(C)N1CC(C(=O)Nc2ccc(N3CCN(C)CC3)cc2)CC1=O. The first kappa shape index (κ1) is 18.7. The number of anilines is 2. The number of piperazine rings is 1. The average Bonchev–Trinajstić information content (AvgIpc) is 3.04. The van der Waals surface area contributed by atoms with Gasteiger partial charge in [-0.15, -0.1) is 0 Å². The summed E-state index contributed by atoms with van der Waals surface area (Å²) in [5, 5.41) is 2.97. The Kier molecular flexibility index (Phi) is 5.81. The van der Waals surface area contributed by atoms with Gasteiger partial charge >= 0.3 is 0 Å². The Bertz CT molecular complexity index is 638. The van der Waals surface area contributed by atoms with E-state index in [0.29, 0.717) is 13.0 Å². The summed E-state index contributed by atoms with van der Waals surface area (Å²) >= 11 is 0. The van der Waals surface area contributed by atoms with Gasteiger partial charge in [-0.2, -0.15) is 0 Å². The van der Waals surface area contributed by atoms with Gasteiger partial charge in [0.05, 0.1) is 5.92 Å². The van der Waals surface area contributed by atoms with Crippen LogP contribution >= 0.6 is 0 Å². The molecule has 0 radical (unpaired) electrons. The maximum Gasteiger partial charge on any atom is 0.229 e. The predicted molar refractivity (Wildman–Crippen MR) is 104 cm³/mol. The van der Waals surface area contributed by atoms with Crippen molar-refractivity contribution >= 4 is 23.2 Å².